The number of halogens is 1. The Balaban J connectivity index is 1.40. The Morgan fingerprint density at radius 1 is 0.963 bits per heavy atom. The van der Waals surface area contributed by atoms with E-state index in [-0.39, 0.29) is 11.8 Å². The topological polar surface area (TPSA) is 96.9 Å². The molecule has 27 heavy (non-hydrogen) atoms. The molecule has 0 bridgehead atoms. The molecule has 2 amide bonds. The summed E-state index contributed by atoms with van der Waals surface area (Å²) in [6.07, 6.45) is 5.40. The van der Waals surface area contributed by atoms with Crippen molar-refractivity contribution < 1.29 is 9.59 Å². The Morgan fingerprint density at radius 3 is 2.33 bits per heavy atom. The number of amides is 2. The van der Waals surface area contributed by atoms with Gasteiger partial charge in [0, 0.05) is 35.5 Å². The second-order valence-electron chi connectivity index (χ2n) is 5.47. The van der Waals surface area contributed by atoms with Crippen LogP contribution in [0.4, 0.5) is 0 Å². The summed E-state index contributed by atoms with van der Waals surface area (Å²) < 4.78 is 0.923. The molecule has 0 unspecified atom stereocenters. The SMILES string of the molecule is O=C(NCCCNC(=O)c1cnc(-c2ncccn2)s1)c1ccc(Br)cc1. The fourth-order valence-electron chi connectivity index (χ4n) is 2.17. The van der Waals surface area contributed by atoms with Crippen molar-refractivity contribution >= 4 is 39.1 Å². The number of benzene rings is 1. The van der Waals surface area contributed by atoms with Gasteiger partial charge in [-0.05, 0) is 36.8 Å². The van der Waals surface area contributed by atoms with Crippen LogP contribution in [0.25, 0.3) is 10.8 Å². The van der Waals surface area contributed by atoms with Gasteiger partial charge in [0.25, 0.3) is 11.8 Å². The molecule has 138 valence electrons. The molecule has 3 aromatic rings. The number of nitrogens with one attached hydrogen (secondary N) is 2. The lowest BCUT2D eigenvalue weighted by Gasteiger charge is -2.06. The molecule has 0 aliphatic heterocycles. The minimum absolute atomic E-state index is 0.135. The van der Waals surface area contributed by atoms with Crippen molar-refractivity contribution in [1.29, 1.82) is 0 Å². The lowest BCUT2D eigenvalue weighted by molar-refractivity contribution is 0.0953. The normalized spacial score (nSPS) is 10.4. The second kappa shape index (κ2) is 9.33. The summed E-state index contributed by atoms with van der Waals surface area (Å²) >= 11 is 4.57. The van der Waals surface area contributed by atoms with E-state index in [9.17, 15) is 9.59 Å². The maximum absolute atomic E-state index is 12.2. The van der Waals surface area contributed by atoms with Gasteiger partial charge in [0.1, 0.15) is 4.88 Å². The Morgan fingerprint density at radius 2 is 1.63 bits per heavy atom. The van der Waals surface area contributed by atoms with Crippen LogP contribution in [0.3, 0.4) is 0 Å². The summed E-state index contributed by atoms with van der Waals surface area (Å²) in [5.74, 6) is 0.162. The molecule has 0 aliphatic rings. The van der Waals surface area contributed by atoms with Gasteiger partial charge >= 0.3 is 0 Å². The van der Waals surface area contributed by atoms with Gasteiger partial charge in [0.05, 0.1) is 6.20 Å². The zero-order valence-electron chi connectivity index (χ0n) is 14.2. The molecule has 2 N–H and O–H groups in total. The van der Waals surface area contributed by atoms with Crippen LogP contribution in [0.1, 0.15) is 26.5 Å². The molecule has 0 atom stereocenters. The van der Waals surface area contributed by atoms with Gasteiger partial charge in [-0.2, -0.15) is 0 Å². The third-order valence-electron chi connectivity index (χ3n) is 3.52. The van der Waals surface area contributed by atoms with Gasteiger partial charge in [-0.25, -0.2) is 15.0 Å². The van der Waals surface area contributed by atoms with Gasteiger partial charge < -0.3 is 10.6 Å². The van der Waals surface area contributed by atoms with Gasteiger partial charge in [-0.15, -0.1) is 11.3 Å². The van der Waals surface area contributed by atoms with Crippen molar-refractivity contribution in [2.75, 3.05) is 13.1 Å². The third kappa shape index (κ3) is 5.41. The molecule has 9 heteroatoms. The summed E-state index contributed by atoms with van der Waals surface area (Å²) in [5, 5.41) is 6.24. The summed E-state index contributed by atoms with van der Waals surface area (Å²) in [6.45, 7) is 0.926. The minimum Gasteiger partial charge on any atom is -0.352 e. The lowest BCUT2D eigenvalue weighted by atomic mass is 10.2. The Kier molecular flexibility index (Phi) is 6.61. The standard InChI is InChI=1S/C18H16BrN5O2S/c19-13-5-3-12(4-6-13)16(25)22-9-2-10-23-17(26)14-11-24-18(27-14)15-20-7-1-8-21-15/h1,3-8,11H,2,9-10H2,(H,22,25)(H,23,26). The summed E-state index contributed by atoms with van der Waals surface area (Å²) in [6, 6.07) is 8.86. The van der Waals surface area contributed by atoms with Crippen LogP contribution in [-0.4, -0.2) is 39.9 Å². The quantitative estimate of drug-likeness (QED) is 0.544. The van der Waals surface area contributed by atoms with Crippen LogP contribution in [0, 0.1) is 0 Å². The Bertz CT molecular complexity index is 915. The number of carbonyl (C=O) groups is 2. The van der Waals surface area contributed by atoms with Crippen LogP contribution in [0.15, 0.2) is 53.4 Å². The van der Waals surface area contributed by atoms with E-state index in [1.807, 2.05) is 12.1 Å². The van der Waals surface area contributed by atoms with Crippen molar-refractivity contribution in [2.24, 2.45) is 0 Å². The molecule has 2 heterocycles. The molecular weight excluding hydrogens is 430 g/mol. The van der Waals surface area contributed by atoms with Crippen molar-refractivity contribution in [2.45, 2.75) is 6.42 Å². The second-order valence-corrected chi connectivity index (χ2v) is 7.42. The molecular formula is C18H16BrN5O2S. The zero-order valence-corrected chi connectivity index (χ0v) is 16.6. The van der Waals surface area contributed by atoms with Crippen molar-refractivity contribution in [3.8, 4) is 10.8 Å². The molecule has 2 aromatic heterocycles. The third-order valence-corrected chi connectivity index (χ3v) is 5.04. The maximum atomic E-state index is 12.2. The molecule has 0 aliphatic carbocycles. The summed E-state index contributed by atoms with van der Waals surface area (Å²) in [5.41, 5.74) is 0.600. The first-order valence-electron chi connectivity index (χ1n) is 8.18. The highest BCUT2D eigenvalue weighted by atomic mass is 79.9. The number of aromatic nitrogens is 3. The fourth-order valence-corrected chi connectivity index (χ4v) is 3.22. The summed E-state index contributed by atoms with van der Waals surface area (Å²) in [4.78, 5) is 37.1. The number of rotatable bonds is 7. The number of carbonyl (C=O) groups excluding carboxylic acids is 2. The van der Waals surface area contributed by atoms with E-state index in [4.69, 9.17) is 0 Å². The molecule has 0 saturated carbocycles. The number of nitrogens with zero attached hydrogens (tertiary/aromatic N) is 3. The highest BCUT2D eigenvalue weighted by molar-refractivity contribution is 9.10. The average molecular weight is 446 g/mol. The molecule has 1 aromatic carbocycles. The smallest absolute Gasteiger partial charge is 0.263 e. The first-order valence-corrected chi connectivity index (χ1v) is 9.79. The first kappa shape index (κ1) is 19.1. The van der Waals surface area contributed by atoms with Crippen LogP contribution in [-0.2, 0) is 0 Å². The predicted octanol–water partition coefficient (Wildman–Crippen LogP) is 2.91. The molecule has 0 fully saturated rings. The van der Waals surface area contributed by atoms with Gasteiger partial charge in [-0.3, -0.25) is 9.59 Å². The van der Waals surface area contributed by atoms with E-state index in [0.29, 0.717) is 40.8 Å². The molecule has 0 radical (unpaired) electrons. The Hall–Kier alpha value is -2.65. The zero-order chi connectivity index (χ0) is 19.1. The average Bonchev–Trinajstić information content (AvgIpc) is 3.19. The van der Waals surface area contributed by atoms with Gasteiger partial charge in [0.15, 0.2) is 10.8 Å². The molecule has 0 spiro atoms. The van der Waals surface area contributed by atoms with E-state index in [1.54, 1.807) is 30.6 Å². The number of hydrogen-bond acceptors (Lipinski definition) is 6. The van der Waals surface area contributed by atoms with E-state index >= 15 is 0 Å². The molecule has 7 nitrogen and oxygen atoms in total. The largest absolute Gasteiger partial charge is 0.352 e. The van der Waals surface area contributed by atoms with Crippen LogP contribution >= 0.6 is 27.3 Å². The highest BCUT2D eigenvalue weighted by Gasteiger charge is 2.12. The maximum Gasteiger partial charge on any atom is 0.263 e. The number of thiazole rings is 1. The van der Waals surface area contributed by atoms with Crippen LogP contribution < -0.4 is 10.6 Å². The summed E-state index contributed by atoms with van der Waals surface area (Å²) in [7, 11) is 0. The van der Waals surface area contributed by atoms with Gasteiger partial charge in [-0.1, -0.05) is 15.9 Å². The highest BCUT2D eigenvalue weighted by Crippen LogP contribution is 2.21. The predicted molar refractivity (Wildman–Crippen MR) is 107 cm³/mol. The van der Waals surface area contributed by atoms with E-state index in [1.165, 1.54) is 17.5 Å². The fraction of sp³-hybridized carbons (Fsp3) is 0.167. The van der Waals surface area contributed by atoms with Crippen LogP contribution in [0.5, 0.6) is 0 Å². The number of hydrogen-bond donors (Lipinski definition) is 2. The Labute approximate surface area is 168 Å². The van der Waals surface area contributed by atoms with Crippen molar-refractivity contribution in [3.05, 3.63) is 63.8 Å². The minimum atomic E-state index is -0.200. The van der Waals surface area contributed by atoms with Crippen LogP contribution in [0.2, 0.25) is 0 Å². The van der Waals surface area contributed by atoms with Crippen molar-refractivity contribution in [3.63, 3.8) is 0 Å². The van der Waals surface area contributed by atoms with Gasteiger partial charge in [0.2, 0.25) is 0 Å². The molecule has 0 saturated heterocycles. The van der Waals surface area contributed by atoms with E-state index in [2.05, 4.69) is 41.5 Å². The van der Waals surface area contributed by atoms with E-state index in [0.717, 1.165) is 4.47 Å². The lowest BCUT2D eigenvalue weighted by Crippen LogP contribution is -2.29. The van der Waals surface area contributed by atoms with Crippen molar-refractivity contribution in [1.82, 2.24) is 25.6 Å². The monoisotopic (exact) mass is 445 g/mol. The first-order chi connectivity index (χ1) is 13.1. The van der Waals surface area contributed by atoms with E-state index < -0.39 is 0 Å². The molecule has 3 rings (SSSR count).